The number of nitrogens with one attached hydrogen (secondary N) is 1. The molecule has 0 spiro atoms. The van der Waals surface area contributed by atoms with Gasteiger partial charge in [0.1, 0.15) is 6.04 Å². The summed E-state index contributed by atoms with van der Waals surface area (Å²) in [6.45, 7) is 1.77. The fraction of sp³-hybridized carbons (Fsp3) is 0.273. The fourth-order valence-corrected chi connectivity index (χ4v) is 2.15. The zero-order valence-electron chi connectivity index (χ0n) is 9.06. The van der Waals surface area contributed by atoms with Crippen molar-refractivity contribution >= 4 is 33.2 Å². The summed E-state index contributed by atoms with van der Waals surface area (Å²) in [5, 5.41) is 3.08. The molecule has 5 heteroatoms. The molecule has 2 rings (SSSR count). The summed E-state index contributed by atoms with van der Waals surface area (Å²) in [5.74, 6) is -0.274. The van der Waals surface area contributed by atoms with E-state index in [1.165, 1.54) is 7.11 Å². The molecule has 1 heterocycles. The number of nitrogens with zero attached hydrogens (tertiary/aromatic N) is 1. The number of methoxy groups -OCH3 is 1. The van der Waals surface area contributed by atoms with E-state index in [4.69, 9.17) is 0 Å². The van der Waals surface area contributed by atoms with Gasteiger partial charge in [0.2, 0.25) is 0 Å². The first-order valence-electron chi connectivity index (χ1n) is 4.88. The third-order valence-corrected chi connectivity index (χ3v) is 3.06. The van der Waals surface area contributed by atoms with Gasteiger partial charge in [0, 0.05) is 5.69 Å². The van der Waals surface area contributed by atoms with Gasteiger partial charge in [0.15, 0.2) is 0 Å². The van der Waals surface area contributed by atoms with E-state index in [-0.39, 0.29) is 12.0 Å². The SMILES string of the molecule is COC(=O)C(C)Nc1ccc2ncsc2c1. The molecule has 0 saturated heterocycles. The van der Waals surface area contributed by atoms with E-state index in [1.807, 2.05) is 18.2 Å². The summed E-state index contributed by atoms with van der Waals surface area (Å²) < 4.78 is 5.74. The molecule has 1 aromatic carbocycles. The highest BCUT2D eigenvalue weighted by Gasteiger charge is 2.12. The van der Waals surface area contributed by atoms with Crippen LogP contribution in [0.5, 0.6) is 0 Å². The standard InChI is InChI=1S/C11H12N2O2S/c1-7(11(14)15-2)13-8-3-4-9-10(5-8)16-6-12-9/h3-7,13H,1-2H3. The Morgan fingerprint density at radius 3 is 3.12 bits per heavy atom. The van der Waals surface area contributed by atoms with Crippen LogP contribution in [0.25, 0.3) is 10.2 Å². The predicted molar refractivity (Wildman–Crippen MR) is 64.7 cm³/mol. The average molecular weight is 236 g/mol. The highest BCUT2D eigenvalue weighted by atomic mass is 32.1. The number of benzene rings is 1. The molecule has 0 fully saturated rings. The summed E-state index contributed by atoms with van der Waals surface area (Å²) in [6.07, 6.45) is 0. The highest BCUT2D eigenvalue weighted by Crippen LogP contribution is 2.22. The molecule has 0 saturated carbocycles. The smallest absolute Gasteiger partial charge is 0.327 e. The van der Waals surface area contributed by atoms with Gasteiger partial charge >= 0.3 is 5.97 Å². The van der Waals surface area contributed by atoms with Gasteiger partial charge in [-0.05, 0) is 25.1 Å². The van der Waals surface area contributed by atoms with Crippen LogP contribution in [0.4, 0.5) is 5.69 Å². The van der Waals surface area contributed by atoms with Gasteiger partial charge in [0.25, 0.3) is 0 Å². The maximum absolute atomic E-state index is 11.2. The topological polar surface area (TPSA) is 51.2 Å². The van der Waals surface area contributed by atoms with Gasteiger partial charge in [0.05, 0.1) is 22.8 Å². The molecule has 84 valence electrons. The number of rotatable bonds is 3. The van der Waals surface area contributed by atoms with E-state index in [9.17, 15) is 4.79 Å². The Kier molecular flexibility index (Phi) is 3.05. The van der Waals surface area contributed by atoms with Crippen LogP contribution in [0.3, 0.4) is 0 Å². The second-order valence-electron chi connectivity index (χ2n) is 3.42. The lowest BCUT2D eigenvalue weighted by atomic mass is 10.2. The Morgan fingerprint density at radius 1 is 1.56 bits per heavy atom. The van der Waals surface area contributed by atoms with Crippen molar-refractivity contribution in [2.75, 3.05) is 12.4 Å². The molecule has 0 bridgehead atoms. The van der Waals surface area contributed by atoms with Crippen molar-refractivity contribution < 1.29 is 9.53 Å². The van der Waals surface area contributed by atoms with E-state index in [2.05, 4.69) is 15.0 Å². The molecular weight excluding hydrogens is 224 g/mol. The number of fused-ring (bicyclic) bond motifs is 1. The van der Waals surface area contributed by atoms with E-state index >= 15 is 0 Å². The zero-order chi connectivity index (χ0) is 11.5. The van der Waals surface area contributed by atoms with Crippen molar-refractivity contribution in [2.45, 2.75) is 13.0 Å². The van der Waals surface area contributed by atoms with Crippen LogP contribution in [-0.2, 0) is 9.53 Å². The number of aromatic nitrogens is 1. The molecule has 2 aromatic rings. The molecular formula is C11H12N2O2S. The highest BCUT2D eigenvalue weighted by molar-refractivity contribution is 7.16. The molecule has 16 heavy (non-hydrogen) atoms. The number of anilines is 1. The number of esters is 1. The van der Waals surface area contributed by atoms with E-state index in [0.29, 0.717) is 0 Å². The first-order valence-corrected chi connectivity index (χ1v) is 5.76. The summed E-state index contributed by atoms with van der Waals surface area (Å²) in [5.41, 5.74) is 3.67. The summed E-state index contributed by atoms with van der Waals surface area (Å²) in [6, 6.07) is 5.46. The van der Waals surface area contributed by atoms with Crippen molar-refractivity contribution in [3.05, 3.63) is 23.7 Å². The molecule has 1 N–H and O–H groups in total. The third kappa shape index (κ3) is 2.14. The Morgan fingerprint density at radius 2 is 2.38 bits per heavy atom. The Balaban J connectivity index is 2.17. The summed E-state index contributed by atoms with van der Waals surface area (Å²) in [7, 11) is 1.38. The number of thiazole rings is 1. The van der Waals surface area contributed by atoms with Crippen molar-refractivity contribution in [2.24, 2.45) is 0 Å². The van der Waals surface area contributed by atoms with Crippen molar-refractivity contribution in [3.63, 3.8) is 0 Å². The van der Waals surface area contributed by atoms with E-state index in [1.54, 1.807) is 23.8 Å². The summed E-state index contributed by atoms with van der Waals surface area (Å²) in [4.78, 5) is 15.4. The number of hydrogen-bond acceptors (Lipinski definition) is 5. The van der Waals surface area contributed by atoms with Gasteiger partial charge in [-0.1, -0.05) is 0 Å². The maximum atomic E-state index is 11.2. The van der Waals surface area contributed by atoms with Gasteiger partial charge in [-0.25, -0.2) is 9.78 Å². The number of carbonyl (C=O) groups excluding carboxylic acids is 1. The number of carbonyl (C=O) groups is 1. The number of ether oxygens (including phenoxy) is 1. The van der Waals surface area contributed by atoms with Crippen LogP contribution in [-0.4, -0.2) is 24.1 Å². The van der Waals surface area contributed by atoms with Gasteiger partial charge < -0.3 is 10.1 Å². The third-order valence-electron chi connectivity index (χ3n) is 2.27. The van der Waals surface area contributed by atoms with Crippen molar-refractivity contribution in [1.82, 2.24) is 4.98 Å². The first-order chi connectivity index (χ1) is 7.70. The van der Waals surface area contributed by atoms with Gasteiger partial charge in [-0.2, -0.15) is 0 Å². The van der Waals surface area contributed by atoms with Crippen molar-refractivity contribution in [1.29, 1.82) is 0 Å². The van der Waals surface area contributed by atoms with Crippen LogP contribution in [0.15, 0.2) is 23.7 Å². The monoisotopic (exact) mass is 236 g/mol. The lowest BCUT2D eigenvalue weighted by molar-refractivity contribution is -0.141. The molecule has 0 aliphatic rings. The zero-order valence-corrected chi connectivity index (χ0v) is 9.88. The minimum absolute atomic E-state index is 0.274. The second-order valence-corrected chi connectivity index (χ2v) is 4.31. The lowest BCUT2D eigenvalue weighted by Crippen LogP contribution is -2.27. The minimum Gasteiger partial charge on any atom is -0.467 e. The maximum Gasteiger partial charge on any atom is 0.327 e. The molecule has 0 amide bonds. The molecule has 0 aliphatic carbocycles. The van der Waals surface area contributed by atoms with Gasteiger partial charge in [-0.15, -0.1) is 11.3 Å². The quantitative estimate of drug-likeness (QED) is 0.831. The van der Waals surface area contributed by atoms with Crippen LogP contribution in [0.2, 0.25) is 0 Å². The Labute approximate surface area is 97.3 Å². The Bertz CT molecular complexity index is 509. The largest absolute Gasteiger partial charge is 0.467 e. The normalized spacial score (nSPS) is 12.4. The van der Waals surface area contributed by atoms with Gasteiger partial charge in [-0.3, -0.25) is 0 Å². The molecule has 1 aromatic heterocycles. The fourth-order valence-electron chi connectivity index (χ4n) is 1.43. The second kappa shape index (κ2) is 4.49. The molecule has 1 unspecified atom stereocenters. The van der Waals surface area contributed by atoms with E-state index in [0.717, 1.165) is 15.9 Å². The molecule has 1 atom stereocenters. The minimum atomic E-state index is -0.352. The Hall–Kier alpha value is -1.62. The predicted octanol–water partition coefficient (Wildman–Crippen LogP) is 2.27. The van der Waals surface area contributed by atoms with Crippen LogP contribution in [0, 0.1) is 0 Å². The number of hydrogen-bond donors (Lipinski definition) is 1. The van der Waals surface area contributed by atoms with Crippen LogP contribution < -0.4 is 5.32 Å². The van der Waals surface area contributed by atoms with Crippen molar-refractivity contribution in [3.8, 4) is 0 Å². The lowest BCUT2D eigenvalue weighted by Gasteiger charge is -2.12. The van der Waals surface area contributed by atoms with Crippen LogP contribution in [0.1, 0.15) is 6.92 Å². The van der Waals surface area contributed by atoms with E-state index < -0.39 is 0 Å². The molecule has 0 radical (unpaired) electrons. The molecule has 4 nitrogen and oxygen atoms in total. The van der Waals surface area contributed by atoms with Crippen LogP contribution >= 0.6 is 11.3 Å². The molecule has 0 aliphatic heterocycles. The first kappa shape index (κ1) is 10.9. The average Bonchev–Trinajstić information content (AvgIpc) is 2.75. The summed E-state index contributed by atoms with van der Waals surface area (Å²) >= 11 is 1.58.